The Morgan fingerprint density at radius 1 is 1.40 bits per heavy atom. The molecule has 0 bridgehead atoms. The number of hydrogen-bond donors (Lipinski definition) is 3. The number of methoxy groups -OCH3 is 2. The average molecular weight is 212 g/mol. The van der Waals surface area contributed by atoms with Crippen molar-refractivity contribution in [2.45, 2.75) is 12.3 Å². The van der Waals surface area contributed by atoms with Crippen molar-refractivity contribution < 1.29 is 9.47 Å². The molecular weight excluding hydrogens is 196 g/mol. The predicted molar refractivity (Wildman–Crippen MR) is 56.5 cm³/mol. The fraction of sp³-hybridized carbons (Fsp3) is 0.444. The predicted octanol–water partition coefficient (Wildman–Crippen LogP) is -0.213. The molecule has 1 rings (SSSR count). The molecule has 0 aromatic carbocycles. The minimum Gasteiger partial charge on any atom is -0.398 e. The molecule has 1 aromatic heterocycles. The first-order chi connectivity index (χ1) is 7.24. The van der Waals surface area contributed by atoms with E-state index in [0.29, 0.717) is 5.69 Å². The first kappa shape index (κ1) is 11.9. The van der Waals surface area contributed by atoms with E-state index in [9.17, 15) is 0 Å². The molecule has 0 amide bonds. The van der Waals surface area contributed by atoms with Gasteiger partial charge in [0.05, 0.1) is 0 Å². The van der Waals surface area contributed by atoms with Gasteiger partial charge < -0.3 is 15.2 Å². The summed E-state index contributed by atoms with van der Waals surface area (Å²) in [6, 6.07) is 1.34. The van der Waals surface area contributed by atoms with E-state index < -0.39 is 6.29 Å². The van der Waals surface area contributed by atoms with Gasteiger partial charge in [0.15, 0.2) is 6.29 Å². The summed E-state index contributed by atoms with van der Waals surface area (Å²) in [4.78, 5) is 3.98. The monoisotopic (exact) mass is 212 g/mol. The molecule has 1 atom stereocenters. The van der Waals surface area contributed by atoms with E-state index in [1.807, 2.05) is 0 Å². The number of nitrogen functional groups attached to an aromatic ring is 1. The smallest absolute Gasteiger partial charge is 0.177 e. The lowest BCUT2D eigenvalue weighted by Crippen LogP contribution is -2.39. The number of nitrogens with two attached hydrogens (primary N) is 2. The molecule has 0 aliphatic rings. The van der Waals surface area contributed by atoms with Crippen molar-refractivity contribution in [2.24, 2.45) is 5.84 Å². The second-order valence-corrected chi connectivity index (χ2v) is 2.99. The Kier molecular flexibility index (Phi) is 4.44. The van der Waals surface area contributed by atoms with Crippen molar-refractivity contribution in [3.8, 4) is 0 Å². The molecule has 0 aliphatic carbocycles. The summed E-state index contributed by atoms with van der Waals surface area (Å²) in [7, 11) is 3.07. The summed E-state index contributed by atoms with van der Waals surface area (Å²) in [5.74, 6) is 5.43. The number of hydrogen-bond acceptors (Lipinski definition) is 6. The van der Waals surface area contributed by atoms with Crippen LogP contribution in [-0.2, 0) is 9.47 Å². The van der Waals surface area contributed by atoms with Crippen molar-refractivity contribution in [1.82, 2.24) is 10.4 Å². The zero-order valence-corrected chi connectivity index (χ0v) is 8.81. The van der Waals surface area contributed by atoms with Gasteiger partial charge >= 0.3 is 0 Å². The molecule has 0 saturated heterocycles. The molecule has 0 saturated carbocycles. The highest BCUT2D eigenvalue weighted by Crippen LogP contribution is 2.22. The summed E-state index contributed by atoms with van der Waals surface area (Å²) >= 11 is 0. The van der Waals surface area contributed by atoms with E-state index >= 15 is 0 Å². The van der Waals surface area contributed by atoms with Crippen LogP contribution in [0.2, 0.25) is 0 Å². The summed E-state index contributed by atoms with van der Waals surface area (Å²) in [5.41, 5.74) is 9.72. The molecular formula is C9H16N4O2. The van der Waals surface area contributed by atoms with Crippen molar-refractivity contribution in [1.29, 1.82) is 0 Å². The summed E-state index contributed by atoms with van der Waals surface area (Å²) in [5, 5.41) is 0. The Labute approximate surface area is 88.5 Å². The molecule has 1 heterocycles. The maximum atomic E-state index is 5.80. The Morgan fingerprint density at radius 3 is 2.53 bits per heavy atom. The average Bonchev–Trinajstić information content (AvgIpc) is 2.27. The number of hydrazine groups is 1. The highest BCUT2D eigenvalue weighted by molar-refractivity contribution is 5.46. The molecule has 1 aromatic rings. The molecule has 0 spiro atoms. The molecule has 5 N–H and O–H groups in total. The molecule has 1 unspecified atom stereocenters. The van der Waals surface area contributed by atoms with E-state index in [0.717, 1.165) is 5.56 Å². The molecule has 84 valence electrons. The number of pyridine rings is 1. The van der Waals surface area contributed by atoms with Gasteiger partial charge in [-0.15, -0.1) is 0 Å². The number of nitrogens with one attached hydrogen (secondary N) is 1. The van der Waals surface area contributed by atoms with E-state index in [-0.39, 0.29) is 6.04 Å². The van der Waals surface area contributed by atoms with Crippen molar-refractivity contribution in [3.63, 3.8) is 0 Å². The fourth-order valence-electron chi connectivity index (χ4n) is 1.36. The Bertz CT molecular complexity index is 304. The third-order valence-corrected chi connectivity index (χ3v) is 2.14. The van der Waals surface area contributed by atoms with Crippen molar-refractivity contribution in [2.75, 3.05) is 20.0 Å². The van der Waals surface area contributed by atoms with Gasteiger partial charge in [-0.1, -0.05) is 0 Å². The molecule has 0 aliphatic heterocycles. The lowest BCUT2D eigenvalue weighted by Gasteiger charge is -2.24. The van der Waals surface area contributed by atoms with E-state index in [4.69, 9.17) is 21.1 Å². The van der Waals surface area contributed by atoms with Crippen LogP contribution >= 0.6 is 0 Å². The van der Waals surface area contributed by atoms with E-state index in [1.54, 1.807) is 18.5 Å². The van der Waals surface area contributed by atoms with Gasteiger partial charge in [0, 0.05) is 37.9 Å². The normalized spacial score (nSPS) is 13.1. The lowest BCUT2D eigenvalue weighted by molar-refractivity contribution is -0.124. The zero-order valence-electron chi connectivity index (χ0n) is 8.81. The minimum atomic E-state index is -0.513. The summed E-state index contributed by atoms with van der Waals surface area (Å²) in [6.45, 7) is 0. The largest absolute Gasteiger partial charge is 0.398 e. The van der Waals surface area contributed by atoms with Gasteiger partial charge in [-0.25, -0.2) is 5.43 Å². The topological polar surface area (TPSA) is 95.4 Å². The van der Waals surface area contributed by atoms with Crippen molar-refractivity contribution >= 4 is 5.69 Å². The van der Waals surface area contributed by atoms with Crippen LogP contribution in [0.3, 0.4) is 0 Å². The van der Waals surface area contributed by atoms with Crippen molar-refractivity contribution in [3.05, 3.63) is 24.0 Å². The van der Waals surface area contributed by atoms with Gasteiger partial charge in [-0.3, -0.25) is 10.8 Å². The quantitative estimate of drug-likeness (QED) is 0.355. The maximum Gasteiger partial charge on any atom is 0.177 e. The Balaban J connectivity index is 2.96. The summed E-state index contributed by atoms with van der Waals surface area (Å²) in [6.07, 6.45) is 2.73. The lowest BCUT2D eigenvalue weighted by atomic mass is 10.1. The number of rotatable bonds is 5. The molecule has 0 fully saturated rings. The molecule has 15 heavy (non-hydrogen) atoms. The Morgan fingerprint density at radius 2 is 2.07 bits per heavy atom. The van der Waals surface area contributed by atoms with E-state index in [1.165, 1.54) is 14.2 Å². The van der Waals surface area contributed by atoms with Gasteiger partial charge in [-0.2, -0.15) is 0 Å². The standard InChI is InChI=1S/C9H16N4O2/c1-14-9(15-2)8(13-11)6-5-12-4-3-7(6)10/h3-5,8-9,13H,11H2,1-2H3,(H2,10,12). The van der Waals surface area contributed by atoms with Crippen LogP contribution in [0.4, 0.5) is 5.69 Å². The highest BCUT2D eigenvalue weighted by atomic mass is 16.7. The summed E-state index contributed by atoms with van der Waals surface area (Å²) < 4.78 is 10.2. The fourth-order valence-corrected chi connectivity index (χ4v) is 1.36. The van der Waals surface area contributed by atoms with Crippen LogP contribution in [-0.4, -0.2) is 25.5 Å². The molecule has 6 nitrogen and oxygen atoms in total. The van der Waals surface area contributed by atoms with Crippen LogP contribution in [0.5, 0.6) is 0 Å². The SMILES string of the molecule is COC(OC)C(NN)c1cnccc1N. The minimum absolute atomic E-state index is 0.353. The number of anilines is 1. The van der Waals surface area contributed by atoms with Gasteiger partial charge in [0.2, 0.25) is 0 Å². The third kappa shape index (κ3) is 2.63. The number of ether oxygens (including phenoxy) is 2. The van der Waals surface area contributed by atoms with Crippen LogP contribution < -0.4 is 17.0 Å². The molecule has 6 heteroatoms. The number of aromatic nitrogens is 1. The second-order valence-electron chi connectivity index (χ2n) is 2.99. The van der Waals surface area contributed by atoms with Gasteiger partial charge in [0.25, 0.3) is 0 Å². The van der Waals surface area contributed by atoms with Crippen LogP contribution in [0.15, 0.2) is 18.5 Å². The third-order valence-electron chi connectivity index (χ3n) is 2.14. The first-order valence-electron chi connectivity index (χ1n) is 4.45. The van der Waals surface area contributed by atoms with E-state index in [2.05, 4.69) is 10.4 Å². The van der Waals surface area contributed by atoms with Crippen LogP contribution in [0.25, 0.3) is 0 Å². The van der Waals surface area contributed by atoms with Gasteiger partial charge in [0.1, 0.15) is 6.04 Å². The Hall–Kier alpha value is -1.21. The molecule has 0 radical (unpaired) electrons. The maximum absolute atomic E-state index is 5.80. The van der Waals surface area contributed by atoms with Crippen LogP contribution in [0, 0.1) is 0 Å². The van der Waals surface area contributed by atoms with Crippen LogP contribution in [0.1, 0.15) is 11.6 Å². The second kappa shape index (κ2) is 5.62. The highest BCUT2D eigenvalue weighted by Gasteiger charge is 2.23. The van der Waals surface area contributed by atoms with Gasteiger partial charge in [-0.05, 0) is 6.07 Å². The first-order valence-corrected chi connectivity index (χ1v) is 4.45. The zero-order chi connectivity index (χ0) is 11.3. The number of nitrogens with zero attached hydrogens (tertiary/aromatic N) is 1.